The van der Waals surface area contributed by atoms with Crippen molar-refractivity contribution in [2.24, 2.45) is 0 Å². The van der Waals surface area contributed by atoms with Crippen LogP contribution in [0.4, 0.5) is 0 Å². The zero-order valence-electron chi connectivity index (χ0n) is 19.5. The van der Waals surface area contributed by atoms with E-state index in [1.54, 1.807) is 12.7 Å². The van der Waals surface area contributed by atoms with Crippen LogP contribution >= 0.6 is 23.2 Å². The van der Waals surface area contributed by atoms with E-state index in [-0.39, 0.29) is 0 Å². The summed E-state index contributed by atoms with van der Waals surface area (Å²) in [6.45, 7) is 2.72. The molecule has 0 aliphatic rings. The van der Waals surface area contributed by atoms with Crippen LogP contribution in [0.3, 0.4) is 0 Å². The monoisotopic (exact) mass is 513 g/mol. The largest absolute Gasteiger partial charge is 0.290 e. The quantitative estimate of drug-likeness (QED) is 0.291. The summed E-state index contributed by atoms with van der Waals surface area (Å²) in [4.78, 5) is 4.04. The van der Waals surface area contributed by atoms with Gasteiger partial charge in [0.15, 0.2) is 9.68 Å². The van der Waals surface area contributed by atoms with Crippen molar-refractivity contribution in [2.45, 2.75) is 12.4 Å². The van der Waals surface area contributed by atoms with Gasteiger partial charge in [0.25, 0.3) is 0 Å². The number of halogens is 2. The first-order valence-corrected chi connectivity index (χ1v) is 13.7. The van der Waals surface area contributed by atoms with Gasteiger partial charge in [-0.2, -0.15) is 5.10 Å². The summed E-state index contributed by atoms with van der Waals surface area (Å²) in [5, 5.41) is 5.75. The van der Waals surface area contributed by atoms with Gasteiger partial charge >= 0.3 is 0 Å². The summed E-state index contributed by atoms with van der Waals surface area (Å²) in [5.74, 6) is 0. The molecule has 0 unspecified atom stereocenters. The Morgan fingerprint density at radius 1 is 0.686 bits per heavy atom. The standard InChI is InChI=1S/C15H13Cl2N3Si.C13H13B/c16-13-5-1-11(2-6-13)15(21-20-10-18-9-19-20)12-3-7-14(17)8-4-12;1-14(12-8-4-2-5-9-12)13-10-6-3-7-11-13/h1-10,15H,21H2;2-11H,1H3. The number of benzene rings is 4. The van der Waals surface area contributed by atoms with E-state index in [9.17, 15) is 0 Å². The molecule has 0 radical (unpaired) electrons. The van der Waals surface area contributed by atoms with Crippen LogP contribution < -0.4 is 10.9 Å². The molecule has 174 valence electrons. The molecule has 1 aromatic heterocycles. The van der Waals surface area contributed by atoms with Gasteiger partial charge < -0.3 is 0 Å². The molecule has 3 nitrogen and oxygen atoms in total. The highest BCUT2D eigenvalue weighted by Crippen LogP contribution is 2.26. The number of hydrogen-bond acceptors (Lipinski definition) is 2. The highest BCUT2D eigenvalue weighted by Gasteiger charge is 2.16. The fourth-order valence-corrected chi connectivity index (χ4v) is 5.93. The van der Waals surface area contributed by atoms with Crippen LogP contribution in [0.5, 0.6) is 0 Å². The fraction of sp³-hybridized carbons (Fsp3) is 0.0714. The van der Waals surface area contributed by atoms with E-state index in [1.807, 2.05) is 28.6 Å². The number of aromatic nitrogens is 3. The molecular formula is C28H26BCl2N3Si. The maximum absolute atomic E-state index is 5.99. The van der Waals surface area contributed by atoms with E-state index in [0.717, 1.165) is 10.0 Å². The predicted octanol–water partition coefficient (Wildman–Crippen LogP) is 5.23. The van der Waals surface area contributed by atoms with E-state index in [0.29, 0.717) is 12.3 Å². The molecule has 4 aromatic carbocycles. The Balaban J connectivity index is 0.000000179. The maximum Gasteiger partial charge on any atom is 0.206 e. The lowest BCUT2D eigenvalue weighted by atomic mass is 9.43. The topological polar surface area (TPSA) is 30.7 Å². The van der Waals surface area contributed by atoms with Gasteiger partial charge in [0.2, 0.25) is 6.71 Å². The first kappa shape index (κ1) is 25.0. The van der Waals surface area contributed by atoms with E-state index >= 15 is 0 Å². The third kappa shape index (κ3) is 7.18. The molecule has 35 heavy (non-hydrogen) atoms. The van der Waals surface area contributed by atoms with Crippen molar-refractivity contribution in [2.75, 3.05) is 0 Å². The van der Waals surface area contributed by atoms with Crippen molar-refractivity contribution in [3.63, 3.8) is 0 Å². The van der Waals surface area contributed by atoms with Crippen LogP contribution in [0, 0.1) is 0 Å². The van der Waals surface area contributed by atoms with Crippen molar-refractivity contribution in [1.29, 1.82) is 0 Å². The van der Waals surface area contributed by atoms with Crippen molar-refractivity contribution >= 4 is 50.5 Å². The molecule has 0 saturated heterocycles. The molecule has 0 saturated carbocycles. The second-order valence-corrected chi connectivity index (χ2v) is 11.0. The lowest BCUT2D eigenvalue weighted by molar-refractivity contribution is 0.936. The molecule has 0 aliphatic carbocycles. The van der Waals surface area contributed by atoms with Crippen LogP contribution in [0.1, 0.15) is 16.7 Å². The summed E-state index contributed by atoms with van der Waals surface area (Å²) in [5.41, 5.74) is 5.53. The van der Waals surface area contributed by atoms with Crippen molar-refractivity contribution in [3.05, 3.63) is 143 Å². The van der Waals surface area contributed by atoms with Crippen molar-refractivity contribution in [1.82, 2.24) is 14.4 Å². The summed E-state index contributed by atoms with van der Waals surface area (Å²) in [6, 6.07) is 37.2. The minimum atomic E-state index is -0.719. The van der Waals surface area contributed by atoms with Crippen LogP contribution in [0.15, 0.2) is 122 Å². The molecule has 0 aliphatic heterocycles. The summed E-state index contributed by atoms with van der Waals surface area (Å²) < 4.78 is 1.97. The van der Waals surface area contributed by atoms with Gasteiger partial charge in [-0.25, -0.2) is 4.98 Å². The zero-order valence-corrected chi connectivity index (χ0v) is 22.4. The Morgan fingerprint density at radius 3 is 1.54 bits per heavy atom. The first-order chi connectivity index (χ1) is 17.1. The lowest BCUT2D eigenvalue weighted by Crippen LogP contribution is -2.38. The van der Waals surface area contributed by atoms with Gasteiger partial charge in [-0.05, 0) is 35.4 Å². The third-order valence-electron chi connectivity index (χ3n) is 5.98. The molecule has 0 N–H and O–H groups in total. The Hall–Kier alpha value is -3.12. The molecule has 5 aromatic rings. The average molecular weight is 514 g/mol. The fourth-order valence-electron chi connectivity index (χ4n) is 3.98. The molecule has 0 amide bonds. The van der Waals surface area contributed by atoms with E-state index in [2.05, 4.69) is 102 Å². The highest BCUT2D eigenvalue weighted by atomic mass is 35.5. The smallest absolute Gasteiger partial charge is 0.206 e. The third-order valence-corrected chi connectivity index (χ3v) is 8.49. The number of rotatable bonds is 6. The molecule has 0 atom stereocenters. The van der Waals surface area contributed by atoms with Crippen molar-refractivity contribution < 1.29 is 0 Å². The molecular weight excluding hydrogens is 488 g/mol. The molecule has 0 fully saturated rings. The SMILES string of the molecule is CB(c1ccccc1)c1ccccc1.Clc1ccc(C([SiH2]n2cncn2)c2ccc(Cl)cc2)cc1. The second-order valence-electron chi connectivity index (χ2n) is 8.32. The van der Waals surface area contributed by atoms with Gasteiger partial charge in [-0.15, -0.1) is 0 Å². The average Bonchev–Trinajstić information content (AvgIpc) is 3.43. The molecule has 1 heterocycles. The van der Waals surface area contributed by atoms with Crippen LogP contribution in [0.25, 0.3) is 0 Å². The number of hydrogen-bond donors (Lipinski definition) is 0. The van der Waals surface area contributed by atoms with Gasteiger partial charge in [-0.1, -0.05) is 126 Å². The highest BCUT2D eigenvalue weighted by molar-refractivity contribution is 6.84. The summed E-state index contributed by atoms with van der Waals surface area (Å²) >= 11 is 12.0. The first-order valence-electron chi connectivity index (χ1n) is 11.5. The minimum absolute atomic E-state index is 0.307. The number of nitrogens with zero attached hydrogens (tertiary/aromatic N) is 3. The predicted molar refractivity (Wildman–Crippen MR) is 152 cm³/mol. The Bertz CT molecular complexity index is 1200. The second kappa shape index (κ2) is 12.5. The van der Waals surface area contributed by atoms with Crippen LogP contribution in [-0.4, -0.2) is 30.8 Å². The summed E-state index contributed by atoms with van der Waals surface area (Å²) in [6.07, 6.45) is 3.36. The molecule has 0 spiro atoms. The summed E-state index contributed by atoms with van der Waals surface area (Å²) in [7, 11) is -0.719. The van der Waals surface area contributed by atoms with Gasteiger partial charge in [0.05, 0.1) is 0 Å². The van der Waals surface area contributed by atoms with E-state index in [4.69, 9.17) is 23.2 Å². The Morgan fingerprint density at radius 2 is 1.14 bits per heavy atom. The molecule has 5 rings (SSSR count). The zero-order chi connectivity index (χ0) is 24.5. The van der Waals surface area contributed by atoms with E-state index < -0.39 is 9.68 Å². The minimum Gasteiger partial charge on any atom is -0.290 e. The lowest BCUT2D eigenvalue weighted by Gasteiger charge is -2.17. The van der Waals surface area contributed by atoms with E-state index in [1.165, 1.54) is 22.1 Å². The van der Waals surface area contributed by atoms with Gasteiger partial charge in [0, 0.05) is 15.6 Å². The van der Waals surface area contributed by atoms with Gasteiger partial charge in [-0.3, -0.25) is 4.35 Å². The van der Waals surface area contributed by atoms with Gasteiger partial charge in [0.1, 0.15) is 12.7 Å². The Kier molecular flexibility index (Phi) is 8.96. The van der Waals surface area contributed by atoms with Crippen molar-refractivity contribution in [3.8, 4) is 0 Å². The van der Waals surface area contributed by atoms with Crippen LogP contribution in [-0.2, 0) is 0 Å². The Labute approximate surface area is 219 Å². The normalized spacial score (nSPS) is 10.9. The maximum atomic E-state index is 5.99. The molecule has 0 bridgehead atoms. The molecule has 7 heteroatoms. The van der Waals surface area contributed by atoms with Crippen LogP contribution in [0.2, 0.25) is 16.9 Å².